The molecular weight excluding hydrogens is 300 g/mol. The number of hydrogen-bond donors (Lipinski definition) is 0. The second-order valence-electron chi connectivity index (χ2n) is 6.76. The van der Waals surface area contributed by atoms with Gasteiger partial charge in [-0.15, -0.1) is 0 Å². The van der Waals surface area contributed by atoms with Crippen LogP contribution in [0.5, 0.6) is 0 Å². The van der Waals surface area contributed by atoms with Gasteiger partial charge in [-0.2, -0.15) is 5.10 Å². The van der Waals surface area contributed by atoms with Crippen molar-refractivity contribution < 1.29 is 4.74 Å². The van der Waals surface area contributed by atoms with Crippen LogP contribution in [0.25, 0.3) is 0 Å². The van der Waals surface area contributed by atoms with Gasteiger partial charge >= 0.3 is 0 Å². The smallest absolute Gasteiger partial charge is 0.153 e. The number of likely N-dealkylation sites (tertiary alicyclic amines) is 1. The molecule has 130 valence electrons. The summed E-state index contributed by atoms with van der Waals surface area (Å²) in [5.74, 6) is 1.99. The Kier molecular flexibility index (Phi) is 5.63. The highest BCUT2D eigenvalue weighted by molar-refractivity contribution is 5.21. The van der Waals surface area contributed by atoms with Crippen molar-refractivity contribution in [3.63, 3.8) is 0 Å². The van der Waals surface area contributed by atoms with E-state index in [2.05, 4.69) is 47.8 Å². The summed E-state index contributed by atoms with van der Waals surface area (Å²) >= 11 is 0. The van der Waals surface area contributed by atoms with E-state index in [0.717, 1.165) is 37.6 Å². The van der Waals surface area contributed by atoms with Crippen molar-refractivity contribution in [3.8, 4) is 0 Å². The Labute approximate surface area is 144 Å². The van der Waals surface area contributed by atoms with Gasteiger partial charge < -0.3 is 4.74 Å². The third-order valence-electron chi connectivity index (χ3n) is 4.80. The second-order valence-corrected chi connectivity index (χ2v) is 6.76. The van der Waals surface area contributed by atoms with Crippen LogP contribution < -0.4 is 0 Å². The molecule has 0 aliphatic carbocycles. The number of piperidine rings is 1. The zero-order valence-corrected chi connectivity index (χ0v) is 15.0. The molecule has 1 aromatic heterocycles. The van der Waals surface area contributed by atoms with Crippen molar-refractivity contribution in [2.24, 2.45) is 0 Å². The Morgan fingerprint density at radius 3 is 2.71 bits per heavy atom. The van der Waals surface area contributed by atoms with E-state index in [4.69, 9.17) is 14.8 Å². The SMILES string of the molecule is COCCc1nc(C2CCCCN2C)n(Cc2ccc(C)cc2)n1. The van der Waals surface area contributed by atoms with Gasteiger partial charge in [0, 0.05) is 13.5 Å². The lowest BCUT2D eigenvalue weighted by Crippen LogP contribution is -2.31. The Balaban J connectivity index is 1.86. The van der Waals surface area contributed by atoms with Gasteiger partial charge in [-0.3, -0.25) is 4.90 Å². The van der Waals surface area contributed by atoms with Gasteiger partial charge in [-0.1, -0.05) is 36.2 Å². The normalized spacial score (nSPS) is 18.9. The van der Waals surface area contributed by atoms with Crippen molar-refractivity contribution in [2.75, 3.05) is 27.3 Å². The highest BCUT2D eigenvalue weighted by atomic mass is 16.5. The fourth-order valence-corrected chi connectivity index (χ4v) is 3.33. The largest absolute Gasteiger partial charge is 0.384 e. The van der Waals surface area contributed by atoms with Crippen molar-refractivity contribution in [3.05, 3.63) is 47.0 Å². The molecule has 1 fully saturated rings. The molecule has 1 saturated heterocycles. The highest BCUT2D eigenvalue weighted by Gasteiger charge is 2.26. The molecule has 1 atom stereocenters. The van der Waals surface area contributed by atoms with Crippen LogP contribution in [-0.4, -0.2) is 47.0 Å². The van der Waals surface area contributed by atoms with Crippen LogP contribution in [0.3, 0.4) is 0 Å². The number of aryl methyl sites for hydroxylation is 1. The molecular formula is C19H28N4O. The number of methoxy groups -OCH3 is 1. The summed E-state index contributed by atoms with van der Waals surface area (Å²) < 4.78 is 7.29. The van der Waals surface area contributed by atoms with Crippen LogP contribution in [0.2, 0.25) is 0 Å². The molecule has 1 aliphatic rings. The third-order valence-corrected chi connectivity index (χ3v) is 4.80. The quantitative estimate of drug-likeness (QED) is 0.818. The Bertz CT molecular complexity index is 650. The van der Waals surface area contributed by atoms with E-state index < -0.39 is 0 Å². The molecule has 2 aromatic rings. The molecule has 1 aromatic carbocycles. The molecule has 5 nitrogen and oxygen atoms in total. The lowest BCUT2D eigenvalue weighted by molar-refractivity contribution is 0.174. The standard InChI is InChI=1S/C19H28N4O/c1-15-7-9-16(10-8-15)14-23-19(17-6-4-5-12-22(17)2)20-18(21-23)11-13-24-3/h7-10,17H,4-6,11-14H2,1-3H3. The van der Waals surface area contributed by atoms with E-state index in [0.29, 0.717) is 12.6 Å². The first-order valence-electron chi connectivity index (χ1n) is 8.85. The zero-order chi connectivity index (χ0) is 16.9. The fourth-order valence-electron chi connectivity index (χ4n) is 3.33. The van der Waals surface area contributed by atoms with Crippen LogP contribution in [0.15, 0.2) is 24.3 Å². The fraction of sp³-hybridized carbons (Fsp3) is 0.579. The lowest BCUT2D eigenvalue weighted by Gasteiger charge is -2.31. The van der Waals surface area contributed by atoms with Crippen LogP contribution in [0.1, 0.15) is 48.1 Å². The predicted octanol–water partition coefficient (Wildman–Crippen LogP) is 2.98. The monoisotopic (exact) mass is 328 g/mol. The Morgan fingerprint density at radius 2 is 2.00 bits per heavy atom. The average Bonchev–Trinajstić information content (AvgIpc) is 2.98. The summed E-state index contributed by atoms with van der Waals surface area (Å²) in [6.07, 6.45) is 4.46. The Hall–Kier alpha value is -1.72. The van der Waals surface area contributed by atoms with E-state index in [1.807, 2.05) is 0 Å². The first-order valence-corrected chi connectivity index (χ1v) is 8.85. The van der Waals surface area contributed by atoms with Crippen molar-refractivity contribution in [1.29, 1.82) is 0 Å². The van der Waals surface area contributed by atoms with Gasteiger partial charge in [0.1, 0.15) is 5.82 Å². The van der Waals surface area contributed by atoms with Gasteiger partial charge in [0.05, 0.1) is 19.2 Å². The van der Waals surface area contributed by atoms with E-state index in [1.54, 1.807) is 7.11 Å². The maximum absolute atomic E-state index is 5.19. The zero-order valence-electron chi connectivity index (χ0n) is 15.0. The summed E-state index contributed by atoms with van der Waals surface area (Å²) in [7, 11) is 3.92. The summed E-state index contributed by atoms with van der Waals surface area (Å²) in [5, 5.41) is 4.77. The van der Waals surface area contributed by atoms with Crippen LogP contribution in [0.4, 0.5) is 0 Å². The number of rotatable bonds is 6. The second kappa shape index (κ2) is 7.90. The number of aromatic nitrogens is 3. The number of hydrogen-bond acceptors (Lipinski definition) is 4. The third kappa shape index (κ3) is 4.02. The minimum atomic E-state index is 0.369. The molecule has 5 heteroatoms. The molecule has 0 saturated carbocycles. The maximum Gasteiger partial charge on any atom is 0.153 e. The van der Waals surface area contributed by atoms with E-state index in [1.165, 1.54) is 24.0 Å². The van der Waals surface area contributed by atoms with Gasteiger partial charge in [-0.25, -0.2) is 9.67 Å². The van der Waals surface area contributed by atoms with Gasteiger partial charge in [0.15, 0.2) is 5.82 Å². The topological polar surface area (TPSA) is 43.2 Å². The first kappa shape index (κ1) is 17.1. The molecule has 0 N–H and O–H groups in total. The van der Waals surface area contributed by atoms with Gasteiger partial charge in [-0.05, 0) is 38.9 Å². The molecule has 0 amide bonds. The van der Waals surface area contributed by atoms with E-state index >= 15 is 0 Å². The van der Waals surface area contributed by atoms with Crippen LogP contribution >= 0.6 is 0 Å². The number of ether oxygens (including phenoxy) is 1. The molecule has 24 heavy (non-hydrogen) atoms. The first-order chi connectivity index (χ1) is 11.7. The minimum absolute atomic E-state index is 0.369. The average molecular weight is 328 g/mol. The predicted molar refractivity (Wildman–Crippen MR) is 95.1 cm³/mol. The maximum atomic E-state index is 5.19. The van der Waals surface area contributed by atoms with Crippen LogP contribution in [0, 0.1) is 6.92 Å². The molecule has 3 rings (SSSR count). The molecule has 0 spiro atoms. The summed E-state index contributed by atoms with van der Waals surface area (Å²) in [6.45, 7) is 4.69. The van der Waals surface area contributed by atoms with Gasteiger partial charge in [0.25, 0.3) is 0 Å². The van der Waals surface area contributed by atoms with Crippen LogP contribution in [-0.2, 0) is 17.7 Å². The molecule has 2 heterocycles. The molecule has 1 aliphatic heterocycles. The summed E-state index contributed by atoms with van der Waals surface area (Å²) in [6, 6.07) is 9.04. The van der Waals surface area contributed by atoms with E-state index in [9.17, 15) is 0 Å². The molecule has 1 unspecified atom stereocenters. The molecule has 0 radical (unpaired) electrons. The highest BCUT2D eigenvalue weighted by Crippen LogP contribution is 2.28. The van der Waals surface area contributed by atoms with Crippen molar-refractivity contribution >= 4 is 0 Å². The summed E-state index contributed by atoms with van der Waals surface area (Å²) in [4.78, 5) is 7.28. The van der Waals surface area contributed by atoms with Crippen molar-refractivity contribution in [1.82, 2.24) is 19.7 Å². The van der Waals surface area contributed by atoms with Gasteiger partial charge in [0.2, 0.25) is 0 Å². The lowest BCUT2D eigenvalue weighted by atomic mass is 10.0. The van der Waals surface area contributed by atoms with Crippen molar-refractivity contribution in [2.45, 2.75) is 45.2 Å². The minimum Gasteiger partial charge on any atom is -0.384 e. The molecule has 0 bridgehead atoms. The summed E-state index contributed by atoms with van der Waals surface area (Å²) in [5.41, 5.74) is 2.55. The number of nitrogens with zero attached hydrogens (tertiary/aromatic N) is 4. The number of benzene rings is 1. The Morgan fingerprint density at radius 1 is 1.21 bits per heavy atom. The van der Waals surface area contributed by atoms with E-state index in [-0.39, 0.29) is 0 Å².